The summed E-state index contributed by atoms with van der Waals surface area (Å²) in [6.45, 7) is 0.0254. The van der Waals surface area contributed by atoms with Crippen molar-refractivity contribution in [3.8, 4) is 5.69 Å². The number of hydrogen-bond acceptors (Lipinski definition) is 5. The quantitative estimate of drug-likeness (QED) is 0.458. The molecular formula is C22H19N3O4. The molecule has 0 saturated heterocycles. The molecule has 2 aromatic carbocycles. The van der Waals surface area contributed by atoms with Crippen molar-refractivity contribution in [3.63, 3.8) is 0 Å². The second kappa shape index (κ2) is 8.10. The van der Waals surface area contributed by atoms with Crippen molar-refractivity contribution < 1.29 is 19.1 Å². The highest BCUT2D eigenvalue weighted by Crippen LogP contribution is 2.21. The first kappa shape index (κ1) is 18.6. The maximum atomic E-state index is 12.3. The van der Waals surface area contributed by atoms with Crippen molar-refractivity contribution in [1.82, 2.24) is 14.7 Å². The Morgan fingerprint density at radius 2 is 1.59 bits per heavy atom. The Balaban J connectivity index is 1.24. The van der Waals surface area contributed by atoms with Crippen molar-refractivity contribution in [3.05, 3.63) is 83.7 Å². The van der Waals surface area contributed by atoms with Crippen LogP contribution in [0, 0.1) is 0 Å². The maximum absolute atomic E-state index is 12.3. The smallest absolute Gasteiger partial charge is 0.306 e. The zero-order chi connectivity index (χ0) is 20.2. The van der Waals surface area contributed by atoms with Gasteiger partial charge in [-0.15, -0.1) is 0 Å². The van der Waals surface area contributed by atoms with Crippen LogP contribution < -0.4 is 0 Å². The van der Waals surface area contributed by atoms with Crippen molar-refractivity contribution in [2.45, 2.75) is 12.8 Å². The number of amides is 2. The summed E-state index contributed by atoms with van der Waals surface area (Å²) >= 11 is 0. The van der Waals surface area contributed by atoms with Gasteiger partial charge in [0.05, 0.1) is 29.6 Å². The predicted molar refractivity (Wildman–Crippen MR) is 105 cm³/mol. The van der Waals surface area contributed by atoms with Gasteiger partial charge < -0.3 is 4.74 Å². The third-order valence-electron chi connectivity index (χ3n) is 4.73. The highest BCUT2D eigenvalue weighted by atomic mass is 16.5. The zero-order valence-corrected chi connectivity index (χ0v) is 15.7. The first-order valence-electron chi connectivity index (χ1n) is 9.33. The molecule has 2 heterocycles. The second-order valence-electron chi connectivity index (χ2n) is 6.66. The molecule has 1 aliphatic rings. The normalized spacial score (nSPS) is 12.9. The van der Waals surface area contributed by atoms with Crippen LogP contribution in [0.5, 0.6) is 0 Å². The van der Waals surface area contributed by atoms with Crippen molar-refractivity contribution in [2.24, 2.45) is 0 Å². The van der Waals surface area contributed by atoms with Crippen molar-refractivity contribution >= 4 is 17.8 Å². The Morgan fingerprint density at radius 3 is 2.28 bits per heavy atom. The van der Waals surface area contributed by atoms with Crippen molar-refractivity contribution in [1.29, 1.82) is 0 Å². The summed E-state index contributed by atoms with van der Waals surface area (Å²) in [6, 6.07) is 16.4. The third kappa shape index (κ3) is 3.94. The Morgan fingerprint density at radius 1 is 0.931 bits per heavy atom. The van der Waals surface area contributed by atoms with Gasteiger partial charge in [-0.05, 0) is 36.2 Å². The van der Waals surface area contributed by atoms with Gasteiger partial charge in [-0.3, -0.25) is 19.3 Å². The molecule has 146 valence electrons. The Hall–Kier alpha value is -3.74. The van der Waals surface area contributed by atoms with Gasteiger partial charge in [-0.1, -0.05) is 30.3 Å². The maximum Gasteiger partial charge on any atom is 0.306 e. The largest absolute Gasteiger partial charge is 0.464 e. The fourth-order valence-corrected chi connectivity index (χ4v) is 3.22. The summed E-state index contributed by atoms with van der Waals surface area (Å²) in [5.41, 5.74) is 2.65. The van der Waals surface area contributed by atoms with Crippen LogP contribution in [0.4, 0.5) is 0 Å². The number of hydrogen-bond donors (Lipinski definition) is 0. The minimum Gasteiger partial charge on any atom is -0.464 e. The summed E-state index contributed by atoms with van der Waals surface area (Å²) in [6.07, 6.45) is 4.29. The molecule has 1 aromatic heterocycles. The van der Waals surface area contributed by atoms with Crippen LogP contribution in [0.1, 0.15) is 32.7 Å². The first-order chi connectivity index (χ1) is 14.1. The lowest BCUT2D eigenvalue weighted by molar-refractivity contribution is -0.143. The van der Waals surface area contributed by atoms with Gasteiger partial charge in [0, 0.05) is 12.6 Å². The first-order valence-corrected chi connectivity index (χ1v) is 9.33. The molecule has 0 spiro atoms. The van der Waals surface area contributed by atoms with Crippen molar-refractivity contribution in [2.75, 3.05) is 13.2 Å². The van der Waals surface area contributed by atoms with Gasteiger partial charge in [0.1, 0.15) is 6.61 Å². The van der Waals surface area contributed by atoms with Crippen LogP contribution in [0.2, 0.25) is 0 Å². The van der Waals surface area contributed by atoms with E-state index in [0.29, 0.717) is 17.5 Å². The van der Waals surface area contributed by atoms with Crippen LogP contribution in [0.25, 0.3) is 5.69 Å². The average Bonchev–Trinajstić information content (AvgIpc) is 3.32. The van der Waals surface area contributed by atoms with Gasteiger partial charge >= 0.3 is 5.97 Å². The van der Waals surface area contributed by atoms with E-state index in [2.05, 4.69) is 5.10 Å². The molecule has 3 aromatic rings. The van der Waals surface area contributed by atoms with Crippen LogP contribution in [-0.4, -0.2) is 45.6 Å². The molecule has 7 heteroatoms. The number of fused-ring (bicyclic) bond motifs is 1. The predicted octanol–water partition coefficient (Wildman–Crippen LogP) is 2.64. The average molecular weight is 389 g/mol. The van der Waals surface area contributed by atoms with E-state index in [1.807, 2.05) is 36.5 Å². The van der Waals surface area contributed by atoms with E-state index in [1.165, 1.54) is 0 Å². The molecule has 0 bridgehead atoms. The molecule has 0 atom stereocenters. The minimum absolute atomic E-state index is 0.0203. The molecule has 0 saturated carbocycles. The van der Waals surface area contributed by atoms with Gasteiger partial charge in [0.2, 0.25) is 0 Å². The summed E-state index contributed by atoms with van der Waals surface area (Å²) in [4.78, 5) is 37.7. The molecule has 0 fully saturated rings. The van der Waals surface area contributed by atoms with E-state index in [1.54, 1.807) is 35.1 Å². The van der Waals surface area contributed by atoms with Crippen LogP contribution in [0.15, 0.2) is 67.0 Å². The second-order valence-corrected chi connectivity index (χ2v) is 6.66. The van der Waals surface area contributed by atoms with Crippen LogP contribution >= 0.6 is 0 Å². The third-order valence-corrected chi connectivity index (χ3v) is 4.73. The number of carbonyl (C=O) groups excluding carboxylic acids is 3. The van der Waals surface area contributed by atoms with Gasteiger partial charge in [-0.25, -0.2) is 4.68 Å². The Kier molecular flexibility index (Phi) is 5.20. The van der Waals surface area contributed by atoms with E-state index in [0.717, 1.165) is 16.2 Å². The number of ether oxygens (including phenoxy) is 1. The molecule has 0 unspecified atom stereocenters. The monoisotopic (exact) mass is 389 g/mol. The summed E-state index contributed by atoms with van der Waals surface area (Å²) in [7, 11) is 0. The molecular weight excluding hydrogens is 370 g/mol. The number of nitrogens with zero attached hydrogens (tertiary/aromatic N) is 3. The number of aromatic nitrogens is 2. The number of imide groups is 1. The Labute approximate surface area is 167 Å². The fourth-order valence-electron chi connectivity index (χ4n) is 3.22. The van der Waals surface area contributed by atoms with E-state index in [-0.39, 0.29) is 37.4 Å². The number of rotatable bonds is 7. The van der Waals surface area contributed by atoms with Gasteiger partial charge in [0.15, 0.2) is 0 Å². The number of carbonyl (C=O) groups is 3. The van der Waals surface area contributed by atoms with Crippen LogP contribution in [-0.2, 0) is 16.0 Å². The molecule has 4 rings (SSSR count). The highest BCUT2D eigenvalue weighted by molar-refractivity contribution is 6.21. The molecule has 7 nitrogen and oxygen atoms in total. The van der Waals surface area contributed by atoms with Gasteiger partial charge in [0.25, 0.3) is 11.8 Å². The number of para-hydroxylation sites is 1. The van der Waals surface area contributed by atoms with Crippen LogP contribution in [0.3, 0.4) is 0 Å². The lowest BCUT2D eigenvalue weighted by Gasteiger charge is -2.13. The molecule has 29 heavy (non-hydrogen) atoms. The van der Waals surface area contributed by atoms with E-state index in [4.69, 9.17) is 4.74 Å². The van der Waals surface area contributed by atoms with E-state index in [9.17, 15) is 14.4 Å². The minimum atomic E-state index is -0.380. The van der Waals surface area contributed by atoms with Gasteiger partial charge in [-0.2, -0.15) is 5.10 Å². The summed E-state index contributed by atoms with van der Waals surface area (Å²) in [5.74, 6) is -1.08. The highest BCUT2D eigenvalue weighted by Gasteiger charge is 2.34. The van der Waals surface area contributed by atoms with E-state index < -0.39 is 0 Å². The molecule has 0 N–H and O–H groups in total. The number of aryl methyl sites for hydroxylation is 1. The SMILES string of the molecule is O=C(CCc1cnn(-c2ccccc2)c1)OCCN1C(=O)c2ccccc2C1=O. The summed E-state index contributed by atoms with van der Waals surface area (Å²) in [5, 5.41) is 4.30. The Bertz CT molecular complexity index is 1020. The molecule has 2 amide bonds. The topological polar surface area (TPSA) is 81.5 Å². The molecule has 1 aliphatic heterocycles. The zero-order valence-electron chi connectivity index (χ0n) is 15.7. The number of benzene rings is 2. The molecule has 0 aliphatic carbocycles. The lowest BCUT2D eigenvalue weighted by Crippen LogP contribution is -2.33. The standard InChI is InChI=1S/C22H19N3O4/c26-20(11-10-16-14-23-25(15-16)17-6-2-1-3-7-17)29-13-12-24-21(27)18-8-4-5-9-19(18)22(24)28/h1-9,14-15H,10-13H2. The molecule has 0 radical (unpaired) electrons. The fraction of sp³-hybridized carbons (Fsp3) is 0.182. The van der Waals surface area contributed by atoms with E-state index >= 15 is 0 Å². The lowest BCUT2D eigenvalue weighted by atomic mass is 10.1. The number of esters is 1. The summed E-state index contributed by atoms with van der Waals surface area (Å²) < 4.78 is 6.95.